The molecule has 1 unspecified atom stereocenters. The van der Waals surface area contributed by atoms with Crippen LogP contribution in [0.1, 0.15) is 43.1 Å². The Bertz CT molecular complexity index is 293. The fourth-order valence-electron chi connectivity index (χ4n) is 0.764. The van der Waals surface area contributed by atoms with Crippen LogP contribution in [0.3, 0.4) is 0 Å². The summed E-state index contributed by atoms with van der Waals surface area (Å²) in [7, 11) is 0. The van der Waals surface area contributed by atoms with E-state index in [1.165, 1.54) is 11.3 Å². The minimum atomic E-state index is -0.140. The molecule has 1 atom stereocenters. The molecule has 0 fully saturated rings. The van der Waals surface area contributed by atoms with Crippen LogP contribution >= 0.6 is 22.9 Å². The van der Waals surface area contributed by atoms with Crippen molar-refractivity contribution in [2.24, 2.45) is 0 Å². The number of hydrogen-bond donors (Lipinski definition) is 0. The van der Waals surface area contributed by atoms with Crippen molar-refractivity contribution >= 4 is 22.9 Å². The van der Waals surface area contributed by atoms with Gasteiger partial charge in [0.25, 0.3) is 0 Å². The van der Waals surface area contributed by atoms with Gasteiger partial charge in [0.05, 0.1) is 11.0 Å². The Labute approximate surface area is 93.5 Å². The first kappa shape index (κ1) is 11.9. The van der Waals surface area contributed by atoms with Gasteiger partial charge in [-0.25, -0.2) is 0 Å². The van der Waals surface area contributed by atoms with Crippen LogP contribution in [0.4, 0.5) is 0 Å². The van der Waals surface area contributed by atoms with E-state index in [2.05, 4.69) is 10.2 Å². The fraction of sp³-hybridized carbons (Fsp3) is 0.778. The average molecular weight is 235 g/mol. The number of halogens is 1. The summed E-state index contributed by atoms with van der Waals surface area (Å²) in [6, 6.07) is 0. The average Bonchev–Trinajstić information content (AvgIpc) is 2.47. The van der Waals surface area contributed by atoms with Gasteiger partial charge in [0.15, 0.2) is 0 Å². The van der Waals surface area contributed by atoms with Crippen molar-refractivity contribution in [3.8, 4) is 0 Å². The molecule has 0 aliphatic rings. The van der Waals surface area contributed by atoms with E-state index < -0.39 is 0 Å². The van der Waals surface area contributed by atoms with Crippen molar-refractivity contribution in [2.45, 2.75) is 45.3 Å². The van der Waals surface area contributed by atoms with Gasteiger partial charge in [-0.1, -0.05) is 11.3 Å². The fourth-order valence-corrected chi connectivity index (χ4v) is 1.63. The highest BCUT2D eigenvalue weighted by molar-refractivity contribution is 7.11. The lowest BCUT2D eigenvalue weighted by Gasteiger charge is -2.17. The minimum absolute atomic E-state index is 0.0733. The maximum absolute atomic E-state index is 5.87. The summed E-state index contributed by atoms with van der Waals surface area (Å²) in [5.74, 6) is 0. The molecule has 0 saturated carbocycles. The quantitative estimate of drug-likeness (QED) is 0.754. The smallest absolute Gasteiger partial charge is 0.143 e. The third-order valence-corrected chi connectivity index (χ3v) is 2.87. The normalized spacial score (nSPS) is 14.4. The van der Waals surface area contributed by atoms with Gasteiger partial charge < -0.3 is 4.74 Å². The predicted octanol–water partition coefficient (Wildman–Crippen LogP) is 3.15. The van der Waals surface area contributed by atoms with Crippen molar-refractivity contribution in [1.29, 1.82) is 0 Å². The lowest BCUT2D eigenvalue weighted by atomic mass is 10.2. The highest BCUT2D eigenvalue weighted by Gasteiger charge is 2.13. The van der Waals surface area contributed by atoms with Gasteiger partial charge >= 0.3 is 0 Å². The van der Waals surface area contributed by atoms with Gasteiger partial charge in [-0.05, 0) is 27.7 Å². The van der Waals surface area contributed by atoms with Crippen LogP contribution in [-0.2, 0) is 11.3 Å². The lowest BCUT2D eigenvalue weighted by molar-refractivity contribution is -0.0152. The zero-order valence-corrected chi connectivity index (χ0v) is 10.4. The summed E-state index contributed by atoms with van der Waals surface area (Å²) in [4.78, 5) is 0. The Kier molecular flexibility index (Phi) is 3.86. The van der Waals surface area contributed by atoms with Crippen molar-refractivity contribution in [2.75, 3.05) is 0 Å². The first-order valence-electron chi connectivity index (χ1n) is 4.49. The van der Waals surface area contributed by atoms with Crippen LogP contribution in [-0.4, -0.2) is 15.8 Å². The Morgan fingerprint density at radius 3 is 2.50 bits per heavy atom. The predicted molar refractivity (Wildman–Crippen MR) is 58.7 cm³/mol. The van der Waals surface area contributed by atoms with Gasteiger partial charge in [-0.2, -0.15) is 0 Å². The van der Waals surface area contributed by atoms with E-state index in [1.54, 1.807) is 0 Å². The molecule has 0 aliphatic carbocycles. The number of nitrogens with zero attached hydrogens (tertiary/aromatic N) is 2. The molecular formula is C9H15ClN2OS. The highest BCUT2D eigenvalue weighted by Crippen LogP contribution is 2.23. The van der Waals surface area contributed by atoms with Crippen molar-refractivity contribution in [3.63, 3.8) is 0 Å². The van der Waals surface area contributed by atoms with Crippen LogP contribution in [0.2, 0.25) is 0 Å². The summed E-state index contributed by atoms with van der Waals surface area (Å²) in [6.07, 6.45) is 0. The van der Waals surface area contributed by atoms with Crippen LogP contribution < -0.4 is 0 Å². The molecule has 1 rings (SSSR count). The first-order valence-corrected chi connectivity index (χ1v) is 5.74. The zero-order chi connectivity index (χ0) is 10.8. The van der Waals surface area contributed by atoms with Crippen molar-refractivity contribution in [1.82, 2.24) is 10.2 Å². The summed E-state index contributed by atoms with van der Waals surface area (Å²) in [5, 5.41) is 9.62. The molecule has 0 amide bonds. The molecule has 5 heteroatoms. The number of rotatable bonds is 3. The molecule has 1 heterocycles. The molecule has 0 radical (unpaired) electrons. The Hall–Kier alpha value is -0.190. The van der Waals surface area contributed by atoms with Crippen LogP contribution in [0, 0.1) is 0 Å². The number of hydrogen-bond acceptors (Lipinski definition) is 4. The molecule has 0 saturated heterocycles. The second kappa shape index (κ2) is 4.55. The van der Waals surface area contributed by atoms with Crippen molar-refractivity contribution in [3.05, 3.63) is 10.0 Å². The number of aromatic nitrogens is 2. The Morgan fingerprint density at radius 2 is 2.07 bits per heavy atom. The molecule has 0 bridgehead atoms. The molecular weight excluding hydrogens is 220 g/mol. The topological polar surface area (TPSA) is 35.0 Å². The second-order valence-corrected chi connectivity index (χ2v) is 5.80. The molecule has 0 N–H and O–H groups in total. The minimum Gasteiger partial charge on any atom is -0.369 e. The van der Waals surface area contributed by atoms with E-state index >= 15 is 0 Å². The summed E-state index contributed by atoms with van der Waals surface area (Å²) >= 11 is 7.38. The third kappa shape index (κ3) is 3.90. The SMILES string of the molecule is CC(Cl)c1nnc(COC(C)(C)C)s1. The molecule has 0 aromatic carbocycles. The highest BCUT2D eigenvalue weighted by atomic mass is 35.5. The van der Waals surface area contributed by atoms with E-state index in [-0.39, 0.29) is 11.0 Å². The van der Waals surface area contributed by atoms with Crippen LogP contribution in [0.5, 0.6) is 0 Å². The largest absolute Gasteiger partial charge is 0.369 e. The van der Waals surface area contributed by atoms with E-state index in [0.717, 1.165) is 10.0 Å². The van der Waals surface area contributed by atoms with E-state index in [4.69, 9.17) is 16.3 Å². The zero-order valence-electron chi connectivity index (χ0n) is 8.87. The van der Waals surface area contributed by atoms with Gasteiger partial charge in [0.1, 0.15) is 16.6 Å². The van der Waals surface area contributed by atoms with Gasteiger partial charge in [-0.15, -0.1) is 21.8 Å². The summed E-state index contributed by atoms with van der Waals surface area (Å²) < 4.78 is 5.57. The van der Waals surface area contributed by atoms with Crippen LogP contribution in [0.25, 0.3) is 0 Å². The van der Waals surface area contributed by atoms with Gasteiger partial charge in [0.2, 0.25) is 0 Å². The molecule has 80 valence electrons. The number of ether oxygens (including phenoxy) is 1. The van der Waals surface area contributed by atoms with Crippen molar-refractivity contribution < 1.29 is 4.74 Å². The second-order valence-electron chi connectivity index (χ2n) is 4.05. The molecule has 0 spiro atoms. The van der Waals surface area contributed by atoms with Gasteiger partial charge in [0, 0.05) is 0 Å². The third-order valence-electron chi connectivity index (χ3n) is 1.45. The monoisotopic (exact) mass is 234 g/mol. The molecule has 14 heavy (non-hydrogen) atoms. The summed E-state index contributed by atoms with van der Waals surface area (Å²) in [6.45, 7) is 8.43. The van der Waals surface area contributed by atoms with E-state index in [0.29, 0.717) is 6.61 Å². The molecule has 3 nitrogen and oxygen atoms in total. The first-order chi connectivity index (χ1) is 6.38. The van der Waals surface area contributed by atoms with E-state index in [1.807, 2.05) is 27.7 Å². The van der Waals surface area contributed by atoms with Gasteiger partial charge in [-0.3, -0.25) is 0 Å². The standard InChI is InChI=1S/C9H15ClN2OS/c1-6(10)8-12-11-7(14-8)5-13-9(2,3)4/h6H,5H2,1-4H3. The maximum atomic E-state index is 5.87. The lowest BCUT2D eigenvalue weighted by Crippen LogP contribution is -2.18. The molecule has 0 aliphatic heterocycles. The Balaban J connectivity index is 2.52. The van der Waals surface area contributed by atoms with E-state index in [9.17, 15) is 0 Å². The number of alkyl halides is 1. The molecule has 1 aromatic heterocycles. The van der Waals surface area contributed by atoms with Crippen LogP contribution in [0.15, 0.2) is 0 Å². The summed E-state index contributed by atoms with van der Waals surface area (Å²) in [5.41, 5.74) is -0.140. The molecule has 1 aromatic rings. The Morgan fingerprint density at radius 1 is 1.43 bits per heavy atom. The maximum Gasteiger partial charge on any atom is 0.143 e.